The van der Waals surface area contributed by atoms with Gasteiger partial charge in [-0.3, -0.25) is 4.57 Å². The van der Waals surface area contributed by atoms with Gasteiger partial charge in [-0.05, 0) is 13.3 Å². The molecule has 0 unspecified atom stereocenters. The lowest BCUT2D eigenvalue weighted by atomic mass is 10.3. The molecule has 0 N–H and O–H groups in total. The van der Waals surface area contributed by atoms with Gasteiger partial charge in [0.15, 0.2) is 0 Å². The molecule has 0 saturated carbocycles. The molecule has 0 radical (unpaired) electrons. The van der Waals surface area contributed by atoms with Gasteiger partial charge in [-0.2, -0.15) is 0 Å². The molecule has 0 aliphatic heterocycles. The predicted molar refractivity (Wildman–Crippen MR) is 55.2 cm³/mol. The van der Waals surface area contributed by atoms with E-state index in [-0.39, 0.29) is 6.03 Å². The van der Waals surface area contributed by atoms with Gasteiger partial charge < -0.3 is 4.90 Å². The molecule has 0 aliphatic carbocycles. The molecule has 1 rings (SSSR count). The van der Waals surface area contributed by atoms with Gasteiger partial charge >= 0.3 is 6.03 Å². The minimum atomic E-state index is 0.0125. The number of carbonyl (C=O) groups is 1. The van der Waals surface area contributed by atoms with Crippen molar-refractivity contribution in [2.45, 2.75) is 26.7 Å². The number of amides is 1. The fourth-order valence-electron chi connectivity index (χ4n) is 1.27. The number of unbranched alkanes of at least 4 members (excludes halogenated alkanes) is 1. The smallest absolute Gasteiger partial charge is 0.324 e. The summed E-state index contributed by atoms with van der Waals surface area (Å²) in [7, 11) is 0. The van der Waals surface area contributed by atoms with E-state index in [1.807, 2.05) is 11.8 Å². The summed E-state index contributed by atoms with van der Waals surface area (Å²) in [6, 6.07) is 0.0125. The molecule has 0 bridgehead atoms. The molecule has 14 heavy (non-hydrogen) atoms. The minimum absolute atomic E-state index is 0.0125. The van der Waals surface area contributed by atoms with E-state index in [4.69, 9.17) is 0 Å². The van der Waals surface area contributed by atoms with Crippen molar-refractivity contribution in [2.24, 2.45) is 0 Å². The molecule has 4 heteroatoms. The van der Waals surface area contributed by atoms with Crippen molar-refractivity contribution in [3.8, 4) is 0 Å². The normalized spacial score (nSPS) is 10.1. The molecule has 1 aromatic rings. The van der Waals surface area contributed by atoms with Crippen molar-refractivity contribution in [3.63, 3.8) is 0 Å². The van der Waals surface area contributed by atoms with Crippen molar-refractivity contribution in [1.82, 2.24) is 14.5 Å². The minimum Gasteiger partial charge on any atom is -0.324 e. The second-order valence-electron chi connectivity index (χ2n) is 3.19. The van der Waals surface area contributed by atoms with E-state index in [9.17, 15) is 4.79 Å². The van der Waals surface area contributed by atoms with E-state index in [2.05, 4.69) is 11.9 Å². The van der Waals surface area contributed by atoms with Crippen LogP contribution in [0.5, 0.6) is 0 Å². The first-order valence-electron chi connectivity index (χ1n) is 5.06. The van der Waals surface area contributed by atoms with Crippen LogP contribution in [0.25, 0.3) is 0 Å². The zero-order chi connectivity index (χ0) is 10.4. The lowest BCUT2D eigenvalue weighted by molar-refractivity contribution is 0.201. The summed E-state index contributed by atoms with van der Waals surface area (Å²) in [5, 5.41) is 0. The molecule has 1 aromatic heterocycles. The van der Waals surface area contributed by atoms with Crippen LogP contribution in [0.15, 0.2) is 18.7 Å². The quantitative estimate of drug-likeness (QED) is 0.736. The molecule has 0 aliphatic rings. The standard InChI is InChI=1S/C10H17N3O/c1-3-5-7-12(4-2)10(14)13-8-6-11-9-13/h6,8-9H,3-5,7H2,1-2H3. The van der Waals surface area contributed by atoms with Crippen LogP contribution in [0.1, 0.15) is 26.7 Å². The van der Waals surface area contributed by atoms with Gasteiger partial charge in [-0.15, -0.1) is 0 Å². The fourth-order valence-corrected chi connectivity index (χ4v) is 1.27. The topological polar surface area (TPSA) is 38.1 Å². The van der Waals surface area contributed by atoms with Gasteiger partial charge in [0.05, 0.1) is 0 Å². The fraction of sp³-hybridized carbons (Fsp3) is 0.600. The second-order valence-corrected chi connectivity index (χ2v) is 3.19. The molecule has 0 spiro atoms. The number of imidazole rings is 1. The van der Waals surface area contributed by atoms with Crippen LogP contribution in [0.3, 0.4) is 0 Å². The van der Waals surface area contributed by atoms with Gasteiger partial charge in [0.1, 0.15) is 6.33 Å². The Balaban J connectivity index is 2.56. The highest BCUT2D eigenvalue weighted by Crippen LogP contribution is 1.99. The van der Waals surface area contributed by atoms with Crippen LogP contribution in [-0.2, 0) is 0 Å². The average Bonchev–Trinajstić information content (AvgIpc) is 2.71. The van der Waals surface area contributed by atoms with Crippen LogP contribution in [0, 0.1) is 0 Å². The van der Waals surface area contributed by atoms with Crippen molar-refractivity contribution < 1.29 is 4.79 Å². The van der Waals surface area contributed by atoms with Crippen LogP contribution in [0.4, 0.5) is 4.79 Å². The van der Waals surface area contributed by atoms with Crippen molar-refractivity contribution in [2.75, 3.05) is 13.1 Å². The zero-order valence-electron chi connectivity index (χ0n) is 8.81. The maximum atomic E-state index is 11.8. The molecule has 4 nitrogen and oxygen atoms in total. The summed E-state index contributed by atoms with van der Waals surface area (Å²) >= 11 is 0. The highest BCUT2D eigenvalue weighted by Gasteiger charge is 2.11. The first kappa shape index (κ1) is 10.8. The summed E-state index contributed by atoms with van der Waals surface area (Å²) < 4.78 is 1.51. The third kappa shape index (κ3) is 2.58. The second kappa shape index (κ2) is 5.42. The molecule has 78 valence electrons. The Kier molecular flexibility index (Phi) is 4.16. The van der Waals surface area contributed by atoms with E-state index in [0.717, 1.165) is 25.9 Å². The first-order valence-corrected chi connectivity index (χ1v) is 5.06. The predicted octanol–water partition coefficient (Wildman–Crippen LogP) is 1.97. The average molecular weight is 195 g/mol. The van der Waals surface area contributed by atoms with Crippen LogP contribution in [0.2, 0.25) is 0 Å². The van der Waals surface area contributed by atoms with Gasteiger partial charge in [-0.25, -0.2) is 9.78 Å². The van der Waals surface area contributed by atoms with E-state index < -0.39 is 0 Å². The third-order valence-electron chi connectivity index (χ3n) is 2.16. The molecule has 1 heterocycles. The number of nitrogens with zero attached hydrogens (tertiary/aromatic N) is 3. The zero-order valence-corrected chi connectivity index (χ0v) is 8.81. The largest absolute Gasteiger partial charge is 0.329 e. The van der Waals surface area contributed by atoms with Crippen molar-refractivity contribution in [1.29, 1.82) is 0 Å². The number of hydrogen-bond acceptors (Lipinski definition) is 2. The van der Waals surface area contributed by atoms with E-state index in [1.54, 1.807) is 12.4 Å². The molecule has 0 atom stereocenters. The maximum absolute atomic E-state index is 11.8. The van der Waals surface area contributed by atoms with E-state index in [1.165, 1.54) is 10.9 Å². The van der Waals surface area contributed by atoms with Crippen LogP contribution in [-0.4, -0.2) is 33.6 Å². The number of aromatic nitrogens is 2. The molecule has 0 saturated heterocycles. The number of hydrogen-bond donors (Lipinski definition) is 0. The Bertz CT molecular complexity index is 269. The lowest BCUT2D eigenvalue weighted by Gasteiger charge is -2.20. The summed E-state index contributed by atoms with van der Waals surface area (Å²) in [5.74, 6) is 0. The Morgan fingerprint density at radius 3 is 2.79 bits per heavy atom. The summed E-state index contributed by atoms with van der Waals surface area (Å²) in [6.45, 7) is 5.68. The SMILES string of the molecule is CCCCN(CC)C(=O)n1ccnc1. The van der Waals surface area contributed by atoms with E-state index >= 15 is 0 Å². The summed E-state index contributed by atoms with van der Waals surface area (Å²) in [6.07, 6.45) is 6.99. The molecule has 0 aromatic carbocycles. The Morgan fingerprint density at radius 2 is 2.29 bits per heavy atom. The van der Waals surface area contributed by atoms with Gasteiger partial charge in [0.25, 0.3) is 0 Å². The van der Waals surface area contributed by atoms with E-state index in [0.29, 0.717) is 0 Å². The Morgan fingerprint density at radius 1 is 1.50 bits per heavy atom. The molecule has 0 fully saturated rings. The first-order chi connectivity index (χ1) is 6.79. The highest BCUT2D eigenvalue weighted by atomic mass is 16.2. The van der Waals surface area contributed by atoms with Gasteiger partial charge in [0, 0.05) is 25.5 Å². The van der Waals surface area contributed by atoms with Crippen molar-refractivity contribution in [3.05, 3.63) is 18.7 Å². The van der Waals surface area contributed by atoms with Crippen molar-refractivity contribution >= 4 is 6.03 Å². The molecular formula is C10H17N3O. The van der Waals surface area contributed by atoms with Gasteiger partial charge in [-0.1, -0.05) is 13.3 Å². The maximum Gasteiger partial charge on any atom is 0.329 e. The Labute approximate surface area is 84.5 Å². The third-order valence-corrected chi connectivity index (χ3v) is 2.16. The van der Waals surface area contributed by atoms with Crippen LogP contribution < -0.4 is 0 Å². The summed E-state index contributed by atoms with van der Waals surface area (Å²) in [5.41, 5.74) is 0. The number of rotatable bonds is 4. The lowest BCUT2D eigenvalue weighted by Crippen LogP contribution is -2.34. The molecule has 1 amide bonds. The van der Waals surface area contributed by atoms with Gasteiger partial charge in [0.2, 0.25) is 0 Å². The number of carbonyl (C=O) groups excluding carboxylic acids is 1. The highest BCUT2D eigenvalue weighted by molar-refractivity contribution is 5.76. The Hall–Kier alpha value is -1.32. The van der Waals surface area contributed by atoms with Crippen LogP contribution >= 0.6 is 0 Å². The molecular weight excluding hydrogens is 178 g/mol. The monoisotopic (exact) mass is 195 g/mol. The summed E-state index contributed by atoms with van der Waals surface area (Å²) in [4.78, 5) is 17.5.